The van der Waals surface area contributed by atoms with Gasteiger partial charge in [0.15, 0.2) is 0 Å². The first kappa shape index (κ1) is 15.5. The molecule has 0 N–H and O–H groups in total. The maximum atomic E-state index is 12.5. The summed E-state index contributed by atoms with van der Waals surface area (Å²) in [7, 11) is 0. The van der Waals surface area contributed by atoms with Crippen LogP contribution in [0.1, 0.15) is 31.2 Å². The maximum absolute atomic E-state index is 12.5. The van der Waals surface area contributed by atoms with E-state index in [-0.39, 0.29) is 5.91 Å². The molecule has 1 amide bonds. The molecule has 120 valence electrons. The average Bonchev–Trinajstić information content (AvgIpc) is 2.96. The number of nitriles is 1. The summed E-state index contributed by atoms with van der Waals surface area (Å²) in [5, 5.41) is 9.23. The molecular formula is C18H22N4O. The average molecular weight is 310 g/mol. The minimum Gasteiger partial charge on any atom is -0.354 e. The number of carbonyl (C=O) groups excluding carboxylic acids is 1. The van der Waals surface area contributed by atoms with Crippen LogP contribution in [-0.2, 0) is 4.79 Å². The van der Waals surface area contributed by atoms with Crippen molar-refractivity contribution in [1.82, 2.24) is 9.88 Å². The number of rotatable bonds is 3. The summed E-state index contributed by atoms with van der Waals surface area (Å²) in [5.74, 6) is 1.41. The molecule has 1 aromatic rings. The Morgan fingerprint density at radius 1 is 1.35 bits per heavy atom. The van der Waals surface area contributed by atoms with Crippen molar-refractivity contribution >= 4 is 11.7 Å². The Balaban J connectivity index is 1.62. The zero-order valence-electron chi connectivity index (χ0n) is 13.3. The van der Waals surface area contributed by atoms with Crippen molar-refractivity contribution in [3.63, 3.8) is 0 Å². The van der Waals surface area contributed by atoms with E-state index in [1.807, 2.05) is 4.90 Å². The quantitative estimate of drug-likeness (QED) is 0.804. The molecule has 3 rings (SSSR count). The van der Waals surface area contributed by atoms with Gasteiger partial charge >= 0.3 is 0 Å². The van der Waals surface area contributed by atoms with E-state index in [4.69, 9.17) is 0 Å². The Morgan fingerprint density at radius 2 is 2.26 bits per heavy atom. The molecule has 1 aliphatic heterocycles. The molecule has 1 fully saturated rings. The van der Waals surface area contributed by atoms with Crippen molar-refractivity contribution in [2.75, 3.05) is 31.1 Å². The van der Waals surface area contributed by atoms with E-state index in [1.54, 1.807) is 18.3 Å². The van der Waals surface area contributed by atoms with Gasteiger partial charge in [-0.2, -0.15) is 5.26 Å². The fraction of sp³-hybridized carbons (Fsp3) is 0.500. The molecule has 1 aliphatic carbocycles. The summed E-state index contributed by atoms with van der Waals surface area (Å²) >= 11 is 0. The fourth-order valence-electron chi connectivity index (χ4n) is 3.33. The molecule has 5 heteroatoms. The Kier molecular flexibility index (Phi) is 4.92. The predicted octanol–water partition coefficient (Wildman–Crippen LogP) is 2.35. The second-order valence-electron chi connectivity index (χ2n) is 6.18. The van der Waals surface area contributed by atoms with Crippen molar-refractivity contribution in [1.29, 1.82) is 5.26 Å². The van der Waals surface area contributed by atoms with E-state index < -0.39 is 0 Å². The van der Waals surface area contributed by atoms with Crippen molar-refractivity contribution in [2.24, 2.45) is 5.92 Å². The maximum Gasteiger partial charge on any atom is 0.223 e. The number of nitrogens with zero attached hydrogens (tertiary/aromatic N) is 4. The lowest BCUT2D eigenvalue weighted by Crippen LogP contribution is -2.36. The highest BCUT2D eigenvalue weighted by Crippen LogP contribution is 2.22. The van der Waals surface area contributed by atoms with Crippen LogP contribution in [0.4, 0.5) is 5.82 Å². The number of allylic oxidation sites excluding steroid dienone is 2. The van der Waals surface area contributed by atoms with E-state index >= 15 is 0 Å². The molecule has 1 atom stereocenters. The summed E-state index contributed by atoms with van der Waals surface area (Å²) in [6.45, 7) is 3.06. The van der Waals surface area contributed by atoms with Crippen molar-refractivity contribution in [3.8, 4) is 6.07 Å². The monoisotopic (exact) mass is 310 g/mol. The number of hydrogen-bond donors (Lipinski definition) is 0. The number of hydrogen-bond acceptors (Lipinski definition) is 4. The van der Waals surface area contributed by atoms with E-state index in [0.29, 0.717) is 24.4 Å². The molecule has 1 saturated heterocycles. The SMILES string of the molecule is N#Cc1cccnc1N1CCCN(C(=O)CC2C=CCC2)CC1. The highest BCUT2D eigenvalue weighted by atomic mass is 16.2. The van der Waals surface area contributed by atoms with Crippen LogP contribution < -0.4 is 4.90 Å². The number of aromatic nitrogens is 1. The fourth-order valence-corrected chi connectivity index (χ4v) is 3.33. The van der Waals surface area contributed by atoms with E-state index in [2.05, 4.69) is 28.1 Å². The number of pyridine rings is 1. The van der Waals surface area contributed by atoms with Crippen LogP contribution in [0.5, 0.6) is 0 Å². The highest BCUT2D eigenvalue weighted by Gasteiger charge is 2.23. The molecule has 0 aromatic carbocycles. The normalized spacial score (nSPS) is 21.1. The molecular weight excluding hydrogens is 288 g/mol. The molecule has 23 heavy (non-hydrogen) atoms. The molecule has 0 spiro atoms. The lowest BCUT2D eigenvalue weighted by Gasteiger charge is -2.24. The summed E-state index contributed by atoms with van der Waals surface area (Å²) in [4.78, 5) is 20.9. The first-order valence-electron chi connectivity index (χ1n) is 8.32. The molecule has 0 bridgehead atoms. The summed E-state index contributed by atoms with van der Waals surface area (Å²) < 4.78 is 0. The van der Waals surface area contributed by atoms with Crippen LogP contribution in [0.15, 0.2) is 30.5 Å². The Labute approximate surface area is 137 Å². The lowest BCUT2D eigenvalue weighted by atomic mass is 10.0. The van der Waals surface area contributed by atoms with Gasteiger partial charge in [0.05, 0.1) is 5.56 Å². The van der Waals surface area contributed by atoms with Crippen molar-refractivity contribution in [3.05, 3.63) is 36.0 Å². The first-order chi connectivity index (χ1) is 11.3. The minimum absolute atomic E-state index is 0.255. The van der Waals surface area contributed by atoms with Crippen LogP contribution in [0.2, 0.25) is 0 Å². The van der Waals surface area contributed by atoms with Crippen molar-refractivity contribution in [2.45, 2.75) is 25.7 Å². The number of amides is 1. The Morgan fingerprint density at radius 3 is 3.04 bits per heavy atom. The van der Waals surface area contributed by atoms with Gasteiger partial charge in [-0.25, -0.2) is 4.98 Å². The molecule has 5 nitrogen and oxygen atoms in total. The van der Waals surface area contributed by atoms with Gasteiger partial charge in [0.2, 0.25) is 5.91 Å². The Hall–Kier alpha value is -2.35. The van der Waals surface area contributed by atoms with Gasteiger partial charge in [0, 0.05) is 38.8 Å². The summed E-state index contributed by atoms with van der Waals surface area (Å²) in [6, 6.07) is 5.78. The predicted molar refractivity (Wildman–Crippen MR) is 88.8 cm³/mol. The van der Waals surface area contributed by atoms with Crippen LogP contribution in [0.25, 0.3) is 0 Å². The van der Waals surface area contributed by atoms with E-state index in [9.17, 15) is 10.1 Å². The van der Waals surface area contributed by atoms with Gasteiger partial charge < -0.3 is 9.80 Å². The standard InChI is InChI=1S/C18H22N4O/c19-14-16-7-3-8-20-18(16)22-10-4-9-21(11-12-22)17(23)13-15-5-1-2-6-15/h1,3,5,7-8,15H,2,4,6,9-13H2. The third kappa shape index (κ3) is 3.70. The largest absolute Gasteiger partial charge is 0.354 e. The number of carbonyl (C=O) groups is 1. The molecule has 2 aliphatic rings. The second kappa shape index (κ2) is 7.28. The van der Waals surface area contributed by atoms with Gasteiger partial charge in [0.1, 0.15) is 11.9 Å². The highest BCUT2D eigenvalue weighted by molar-refractivity contribution is 5.77. The molecule has 0 saturated carbocycles. The molecule has 2 heterocycles. The first-order valence-corrected chi connectivity index (χ1v) is 8.32. The molecule has 1 aromatic heterocycles. The van der Waals surface area contributed by atoms with Crippen LogP contribution in [0.3, 0.4) is 0 Å². The van der Waals surface area contributed by atoms with Gasteiger partial charge in [-0.15, -0.1) is 0 Å². The smallest absolute Gasteiger partial charge is 0.223 e. The zero-order valence-corrected chi connectivity index (χ0v) is 13.3. The summed E-state index contributed by atoms with van der Waals surface area (Å²) in [6.07, 6.45) is 9.81. The van der Waals surface area contributed by atoms with Gasteiger partial charge in [-0.05, 0) is 37.3 Å². The van der Waals surface area contributed by atoms with E-state index in [1.165, 1.54) is 0 Å². The molecule has 1 unspecified atom stereocenters. The third-order valence-corrected chi connectivity index (χ3v) is 4.60. The van der Waals surface area contributed by atoms with Gasteiger partial charge in [0.25, 0.3) is 0 Å². The van der Waals surface area contributed by atoms with Crippen LogP contribution in [0, 0.1) is 17.2 Å². The third-order valence-electron chi connectivity index (χ3n) is 4.60. The zero-order chi connectivity index (χ0) is 16.1. The minimum atomic E-state index is 0.255. The van der Waals surface area contributed by atoms with E-state index in [0.717, 1.165) is 44.7 Å². The topological polar surface area (TPSA) is 60.2 Å². The second-order valence-corrected chi connectivity index (χ2v) is 6.18. The lowest BCUT2D eigenvalue weighted by molar-refractivity contribution is -0.131. The Bertz CT molecular complexity index is 634. The number of anilines is 1. The van der Waals surface area contributed by atoms with Gasteiger partial charge in [-0.3, -0.25) is 4.79 Å². The van der Waals surface area contributed by atoms with Crippen LogP contribution >= 0.6 is 0 Å². The van der Waals surface area contributed by atoms with Gasteiger partial charge in [-0.1, -0.05) is 12.2 Å². The van der Waals surface area contributed by atoms with Crippen LogP contribution in [-0.4, -0.2) is 42.0 Å². The molecule has 0 radical (unpaired) electrons. The summed E-state index contributed by atoms with van der Waals surface area (Å²) in [5.41, 5.74) is 0.600. The van der Waals surface area contributed by atoms with Crippen molar-refractivity contribution < 1.29 is 4.79 Å².